The summed E-state index contributed by atoms with van der Waals surface area (Å²) in [6.07, 6.45) is 0.911. The van der Waals surface area contributed by atoms with Gasteiger partial charge in [-0.15, -0.1) is 0 Å². The van der Waals surface area contributed by atoms with Gasteiger partial charge in [-0.3, -0.25) is 4.79 Å². The highest BCUT2D eigenvalue weighted by Gasteiger charge is 2.33. The molecule has 4 rings (SSSR count). The van der Waals surface area contributed by atoms with Gasteiger partial charge in [0.05, 0.1) is 18.6 Å². The highest BCUT2D eigenvalue weighted by Crippen LogP contribution is 2.26. The van der Waals surface area contributed by atoms with E-state index in [1.807, 2.05) is 31.2 Å². The lowest BCUT2D eigenvalue weighted by atomic mass is 9.97. The lowest BCUT2D eigenvalue weighted by Gasteiger charge is -2.32. The Labute approximate surface area is 199 Å². The number of aromatic nitrogens is 2. The number of ether oxygens (including phenoxy) is 1. The Hall–Kier alpha value is -3.24. The first-order chi connectivity index (χ1) is 16.3. The van der Waals surface area contributed by atoms with Crippen molar-refractivity contribution in [1.29, 1.82) is 0 Å². The van der Waals surface area contributed by atoms with Crippen molar-refractivity contribution in [2.24, 2.45) is 5.92 Å². The molecule has 1 saturated heterocycles. The first kappa shape index (κ1) is 23.9. The van der Waals surface area contributed by atoms with Gasteiger partial charge in [0.15, 0.2) is 0 Å². The smallest absolute Gasteiger partial charge is 0.246 e. The number of nitrogens with zero attached hydrogens (tertiary/aromatic N) is 4. The molecular weight excluding hydrogens is 456 g/mol. The van der Waals surface area contributed by atoms with Gasteiger partial charge >= 0.3 is 0 Å². The van der Waals surface area contributed by atoms with Crippen molar-refractivity contribution in [2.45, 2.75) is 31.2 Å². The summed E-state index contributed by atoms with van der Waals surface area (Å²) < 4.78 is 37.7. The number of sulfonamides is 1. The van der Waals surface area contributed by atoms with Crippen LogP contribution in [-0.4, -0.2) is 60.9 Å². The van der Waals surface area contributed by atoms with Crippen LogP contribution >= 0.6 is 0 Å². The Bertz CT molecular complexity index is 1230. The Morgan fingerprint density at radius 1 is 1.12 bits per heavy atom. The normalized spacial score (nSPS) is 15.3. The van der Waals surface area contributed by atoms with Crippen LogP contribution in [0.5, 0.6) is 5.75 Å². The standard InChI is InChI=1S/C24H28N4O5S/c1-17-4-6-18(7-5-17)23-25-22(33-26-23)16-27(2)24(29)19-12-14-28(15-13-19)34(30,31)21-10-8-20(32-3)9-11-21/h4-11,19H,12-16H2,1-3H3. The van der Waals surface area contributed by atoms with Crippen molar-refractivity contribution in [3.63, 3.8) is 0 Å². The largest absolute Gasteiger partial charge is 0.497 e. The van der Waals surface area contributed by atoms with Crippen molar-refractivity contribution in [1.82, 2.24) is 19.3 Å². The van der Waals surface area contributed by atoms with Crippen LogP contribution in [0.15, 0.2) is 57.9 Å². The molecule has 0 saturated carbocycles. The van der Waals surface area contributed by atoms with E-state index >= 15 is 0 Å². The fourth-order valence-electron chi connectivity index (χ4n) is 3.97. The zero-order chi connectivity index (χ0) is 24.3. The van der Waals surface area contributed by atoms with E-state index in [2.05, 4.69) is 10.1 Å². The number of piperidine rings is 1. The summed E-state index contributed by atoms with van der Waals surface area (Å²) in [5.74, 6) is 1.11. The fourth-order valence-corrected chi connectivity index (χ4v) is 5.44. The van der Waals surface area contributed by atoms with Crippen LogP contribution < -0.4 is 4.74 Å². The summed E-state index contributed by atoms with van der Waals surface area (Å²) in [4.78, 5) is 19.1. The zero-order valence-corrected chi connectivity index (χ0v) is 20.3. The Balaban J connectivity index is 1.33. The Morgan fingerprint density at radius 3 is 2.38 bits per heavy atom. The second kappa shape index (κ2) is 9.94. The average Bonchev–Trinajstić information content (AvgIpc) is 3.32. The van der Waals surface area contributed by atoms with Crippen molar-refractivity contribution in [2.75, 3.05) is 27.2 Å². The van der Waals surface area contributed by atoms with Crippen LogP contribution in [0.1, 0.15) is 24.3 Å². The topological polar surface area (TPSA) is 106 Å². The van der Waals surface area contributed by atoms with Gasteiger partial charge in [-0.2, -0.15) is 9.29 Å². The van der Waals surface area contributed by atoms with Crippen LogP contribution in [0.3, 0.4) is 0 Å². The van der Waals surface area contributed by atoms with Gasteiger partial charge < -0.3 is 14.2 Å². The van der Waals surface area contributed by atoms with E-state index in [0.29, 0.717) is 30.3 Å². The summed E-state index contributed by atoms with van der Waals surface area (Å²) in [6.45, 7) is 2.78. The van der Waals surface area contributed by atoms with Crippen LogP contribution in [0.4, 0.5) is 0 Å². The maximum Gasteiger partial charge on any atom is 0.246 e. The molecular formula is C24H28N4O5S. The van der Waals surface area contributed by atoms with E-state index < -0.39 is 10.0 Å². The van der Waals surface area contributed by atoms with E-state index in [1.54, 1.807) is 24.1 Å². The number of benzene rings is 2. The van der Waals surface area contributed by atoms with Crippen LogP contribution in [0, 0.1) is 12.8 Å². The number of aryl methyl sites for hydroxylation is 1. The molecule has 180 valence electrons. The molecule has 1 aliphatic rings. The second-order valence-corrected chi connectivity index (χ2v) is 10.4. The first-order valence-electron chi connectivity index (χ1n) is 11.1. The number of amides is 1. The van der Waals surface area contributed by atoms with E-state index in [-0.39, 0.29) is 36.4 Å². The summed E-state index contributed by atoms with van der Waals surface area (Å²) in [7, 11) is -0.387. The molecule has 2 heterocycles. The van der Waals surface area contributed by atoms with Gasteiger partial charge in [0.2, 0.25) is 27.6 Å². The predicted molar refractivity (Wildman–Crippen MR) is 125 cm³/mol. The van der Waals surface area contributed by atoms with Gasteiger partial charge in [-0.25, -0.2) is 8.42 Å². The van der Waals surface area contributed by atoms with Gasteiger partial charge in [-0.05, 0) is 44.0 Å². The predicted octanol–water partition coefficient (Wildman–Crippen LogP) is 3.11. The van der Waals surface area contributed by atoms with Crippen LogP contribution in [0.2, 0.25) is 0 Å². The SMILES string of the molecule is COc1ccc(S(=O)(=O)N2CCC(C(=O)N(C)Cc3nc(-c4ccc(C)cc4)no3)CC2)cc1. The van der Waals surface area contributed by atoms with Gasteiger partial charge in [0.1, 0.15) is 5.75 Å². The average molecular weight is 485 g/mol. The van der Waals surface area contributed by atoms with Gasteiger partial charge in [0, 0.05) is 31.6 Å². The summed E-state index contributed by atoms with van der Waals surface area (Å²) >= 11 is 0. The number of rotatable bonds is 7. The third-order valence-corrected chi connectivity index (χ3v) is 7.94. The molecule has 9 nitrogen and oxygen atoms in total. The molecule has 1 amide bonds. The van der Waals surface area contributed by atoms with E-state index in [9.17, 15) is 13.2 Å². The molecule has 0 spiro atoms. The third-order valence-electron chi connectivity index (χ3n) is 6.03. The third kappa shape index (κ3) is 5.13. The fraction of sp³-hybridized carbons (Fsp3) is 0.375. The number of hydrogen-bond donors (Lipinski definition) is 0. The van der Waals surface area contributed by atoms with Crippen LogP contribution in [0.25, 0.3) is 11.4 Å². The van der Waals surface area contributed by atoms with Gasteiger partial charge in [-0.1, -0.05) is 35.0 Å². The quantitative estimate of drug-likeness (QED) is 0.507. The Kier molecular flexibility index (Phi) is 6.99. The number of carbonyl (C=O) groups is 1. The number of methoxy groups -OCH3 is 1. The van der Waals surface area contributed by atoms with Crippen molar-refractivity contribution in [3.05, 3.63) is 60.0 Å². The molecule has 0 atom stereocenters. The molecule has 0 N–H and O–H groups in total. The number of carbonyl (C=O) groups excluding carboxylic acids is 1. The van der Waals surface area contributed by atoms with E-state index in [0.717, 1.165) is 11.1 Å². The molecule has 10 heteroatoms. The highest BCUT2D eigenvalue weighted by atomic mass is 32.2. The minimum atomic E-state index is -3.61. The van der Waals surface area contributed by atoms with Crippen LogP contribution in [-0.2, 0) is 21.4 Å². The first-order valence-corrected chi connectivity index (χ1v) is 12.5. The highest BCUT2D eigenvalue weighted by molar-refractivity contribution is 7.89. The van der Waals surface area contributed by atoms with E-state index in [1.165, 1.54) is 23.5 Å². The summed E-state index contributed by atoms with van der Waals surface area (Å²) in [5.41, 5.74) is 1.99. The van der Waals surface area contributed by atoms with Crippen molar-refractivity contribution in [3.8, 4) is 17.1 Å². The molecule has 3 aromatic rings. The molecule has 1 aliphatic heterocycles. The lowest BCUT2D eigenvalue weighted by Crippen LogP contribution is -2.43. The molecule has 1 aromatic heterocycles. The molecule has 34 heavy (non-hydrogen) atoms. The second-order valence-electron chi connectivity index (χ2n) is 8.43. The maximum atomic E-state index is 13.0. The molecule has 0 aliphatic carbocycles. The minimum absolute atomic E-state index is 0.0587. The molecule has 2 aromatic carbocycles. The molecule has 0 radical (unpaired) electrons. The zero-order valence-electron chi connectivity index (χ0n) is 19.5. The van der Waals surface area contributed by atoms with Crippen molar-refractivity contribution >= 4 is 15.9 Å². The summed E-state index contributed by atoms with van der Waals surface area (Å²) in [5, 5.41) is 4.01. The number of hydrogen-bond acceptors (Lipinski definition) is 7. The maximum absolute atomic E-state index is 13.0. The molecule has 0 bridgehead atoms. The Morgan fingerprint density at radius 2 is 1.76 bits per heavy atom. The van der Waals surface area contributed by atoms with Crippen molar-refractivity contribution < 1.29 is 22.5 Å². The van der Waals surface area contributed by atoms with E-state index in [4.69, 9.17) is 9.26 Å². The van der Waals surface area contributed by atoms with Gasteiger partial charge in [0.25, 0.3) is 0 Å². The summed E-state index contributed by atoms with van der Waals surface area (Å²) in [6, 6.07) is 14.1. The monoisotopic (exact) mass is 484 g/mol. The minimum Gasteiger partial charge on any atom is -0.497 e. The molecule has 0 unspecified atom stereocenters. The molecule has 1 fully saturated rings. The lowest BCUT2D eigenvalue weighted by molar-refractivity contribution is -0.136.